The fraction of sp³-hybridized carbons (Fsp3) is 0.346. The molecule has 35 heavy (non-hydrogen) atoms. The van der Waals surface area contributed by atoms with Gasteiger partial charge in [-0.3, -0.25) is 5.32 Å². The van der Waals surface area contributed by atoms with Gasteiger partial charge in [-0.2, -0.15) is 0 Å². The Hall–Kier alpha value is -3.69. The molecule has 1 N–H and O–H groups in total. The molecule has 1 amide bonds. The zero-order valence-electron chi connectivity index (χ0n) is 20.3. The van der Waals surface area contributed by atoms with Crippen molar-refractivity contribution < 1.29 is 14.3 Å². The molecule has 9 nitrogen and oxygen atoms in total. The number of nitrogens with zero attached hydrogens (tertiary/aromatic N) is 5. The minimum atomic E-state index is -0.504. The maximum atomic E-state index is 11.5. The lowest BCUT2D eigenvalue weighted by Gasteiger charge is -2.29. The molecule has 0 bridgehead atoms. The number of ether oxygens (including phenoxy) is 2. The van der Waals surface area contributed by atoms with Crippen LogP contribution in [0.1, 0.15) is 0 Å². The van der Waals surface area contributed by atoms with E-state index in [1.165, 1.54) is 7.11 Å². The van der Waals surface area contributed by atoms with Crippen LogP contribution in [0.15, 0.2) is 48.7 Å². The Bertz CT molecular complexity index is 1340. The molecule has 0 saturated carbocycles. The third-order valence-electron chi connectivity index (χ3n) is 6.27. The van der Waals surface area contributed by atoms with Gasteiger partial charge in [0.05, 0.1) is 31.4 Å². The zero-order valence-corrected chi connectivity index (χ0v) is 20.3. The van der Waals surface area contributed by atoms with Gasteiger partial charge >= 0.3 is 6.09 Å². The lowest BCUT2D eigenvalue weighted by Crippen LogP contribution is -2.37. The lowest BCUT2D eigenvalue weighted by molar-refractivity contribution is 0.122. The van der Waals surface area contributed by atoms with Gasteiger partial charge in [0.15, 0.2) is 5.82 Å². The molecule has 5 rings (SSSR count). The van der Waals surface area contributed by atoms with Crippen LogP contribution in [0.5, 0.6) is 0 Å². The third kappa shape index (κ3) is 4.78. The predicted octanol–water partition coefficient (Wildman–Crippen LogP) is 3.83. The molecule has 2 aromatic carbocycles. The van der Waals surface area contributed by atoms with E-state index in [9.17, 15) is 4.79 Å². The van der Waals surface area contributed by atoms with E-state index in [1.807, 2.05) is 24.3 Å². The van der Waals surface area contributed by atoms with Crippen molar-refractivity contribution >= 4 is 39.4 Å². The van der Waals surface area contributed by atoms with Crippen LogP contribution in [0.3, 0.4) is 0 Å². The number of hydrogen-bond acceptors (Lipinski definition) is 7. The Morgan fingerprint density at radius 2 is 1.83 bits per heavy atom. The minimum absolute atomic E-state index is 0.504. The summed E-state index contributed by atoms with van der Waals surface area (Å²) in [5.41, 5.74) is 3.62. The molecule has 9 heteroatoms. The summed E-state index contributed by atoms with van der Waals surface area (Å²) < 4.78 is 12.5. The Labute approximate surface area is 204 Å². The summed E-state index contributed by atoms with van der Waals surface area (Å²) in [5, 5.41) is 4.83. The van der Waals surface area contributed by atoms with Crippen molar-refractivity contribution in [2.75, 3.05) is 64.3 Å². The smallest absolute Gasteiger partial charge is 0.411 e. The van der Waals surface area contributed by atoms with E-state index in [-0.39, 0.29) is 0 Å². The number of nitrogens with one attached hydrogen (secondary N) is 1. The van der Waals surface area contributed by atoms with Gasteiger partial charge in [0.2, 0.25) is 0 Å². The van der Waals surface area contributed by atoms with E-state index in [1.54, 1.807) is 0 Å². The molecule has 2 aromatic heterocycles. The molecule has 0 aliphatic carbocycles. The number of aromatic nitrogens is 3. The highest BCUT2D eigenvalue weighted by atomic mass is 16.5. The van der Waals surface area contributed by atoms with E-state index < -0.39 is 6.09 Å². The monoisotopic (exact) mass is 474 g/mol. The number of rotatable bonds is 6. The molecule has 0 radical (unpaired) electrons. The van der Waals surface area contributed by atoms with Crippen molar-refractivity contribution in [3.05, 3.63) is 48.7 Å². The van der Waals surface area contributed by atoms with Gasteiger partial charge in [0, 0.05) is 54.4 Å². The second-order valence-electron chi connectivity index (χ2n) is 8.87. The molecule has 0 atom stereocenters. The van der Waals surface area contributed by atoms with E-state index in [0.717, 1.165) is 59.4 Å². The first kappa shape index (κ1) is 23.1. The van der Waals surface area contributed by atoms with Crippen molar-refractivity contribution in [3.63, 3.8) is 0 Å². The molecule has 1 saturated heterocycles. The number of carbonyl (C=O) groups excluding carboxylic acids is 1. The van der Waals surface area contributed by atoms with Gasteiger partial charge in [-0.25, -0.2) is 14.8 Å². The Kier molecular flexibility index (Phi) is 6.52. The summed E-state index contributed by atoms with van der Waals surface area (Å²) >= 11 is 0. The average molecular weight is 475 g/mol. The normalized spacial score (nSPS) is 14.1. The average Bonchev–Trinajstić information content (AvgIpc) is 3.31. The van der Waals surface area contributed by atoms with Gasteiger partial charge in [0.25, 0.3) is 0 Å². The zero-order chi connectivity index (χ0) is 24.4. The van der Waals surface area contributed by atoms with Crippen LogP contribution in [0, 0.1) is 0 Å². The summed E-state index contributed by atoms with van der Waals surface area (Å²) in [7, 11) is 5.51. The third-order valence-corrected chi connectivity index (χ3v) is 6.27. The van der Waals surface area contributed by atoms with Gasteiger partial charge in [-0.1, -0.05) is 0 Å². The van der Waals surface area contributed by atoms with Crippen LogP contribution in [0.2, 0.25) is 0 Å². The maximum Gasteiger partial charge on any atom is 0.411 e. The van der Waals surface area contributed by atoms with E-state index in [2.05, 4.69) is 62.9 Å². The molecule has 3 heterocycles. The second-order valence-corrected chi connectivity index (χ2v) is 8.87. The van der Waals surface area contributed by atoms with Gasteiger partial charge in [-0.15, -0.1) is 0 Å². The number of amides is 1. The number of morpholine rings is 1. The SMILES string of the molecule is COC(=O)Nc1ccc(-c2nc(N3CCOCC3)c3ccc4c(ccn4CCN(C)C)c3n2)cc1. The van der Waals surface area contributed by atoms with Crippen LogP contribution >= 0.6 is 0 Å². The van der Waals surface area contributed by atoms with E-state index in [0.29, 0.717) is 24.7 Å². The number of likely N-dealkylation sites (N-methyl/N-ethyl adjacent to an activating group) is 1. The molecule has 1 aliphatic rings. The van der Waals surface area contributed by atoms with E-state index in [4.69, 9.17) is 14.7 Å². The molecule has 1 aliphatic heterocycles. The van der Waals surface area contributed by atoms with E-state index >= 15 is 0 Å². The standard InChI is InChI=1S/C26H30N6O3/c1-30(2)12-13-31-11-10-20-22(31)9-8-21-23(20)28-24(29-25(21)32-14-16-35-17-15-32)18-4-6-19(7-5-18)27-26(33)34-3/h4-11H,12-17H2,1-3H3,(H,27,33). The van der Waals surface area contributed by atoms with Crippen LogP contribution in [0.25, 0.3) is 33.2 Å². The summed E-state index contributed by atoms with van der Waals surface area (Å²) in [6.07, 6.45) is 1.63. The van der Waals surface area contributed by atoms with Gasteiger partial charge in [-0.05, 0) is 56.6 Å². The van der Waals surface area contributed by atoms with Gasteiger partial charge < -0.3 is 23.8 Å². The van der Waals surface area contributed by atoms with Crippen LogP contribution < -0.4 is 10.2 Å². The molecular formula is C26H30N6O3. The first-order chi connectivity index (χ1) is 17.0. The number of methoxy groups -OCH3 is 1. The lowest BCUT2D eigenvalue weighted by atomic mass is 10.1. The second kappa shape index (κ2) is 9.89. The highest BCUT2D eigenvalue weighted by Crippen LogP contribution is 2.33. The number of anilines is 2. The first-order valence-electron chi connectivity index (χ1n) is 11.8. The highest BCUT2D eigenvalue weighted by Gasteiger charge is 2.20. The van der Waals surface area contributed by atoms with Crippen molar-refractivity contribution in [2.24, 2.45) is 0 Å². The summed E-state index contributed by atoms with van der Waals surface area (Å²) in [6.45, 7) is 4.80. The highest BCUT2D eigenvalue weighted by molar-refractivity contribution is 6.08. The molecule has 182 valence electrons. The van der Waals surface area contributed by atoms with Crippen LogP contribution in [0.4, 0.5) is 16.3 Å². The summed E-state index contributed by atoms with van der Waals surface area (Å²) in [6, 6.07) is 13.9. The van der Waals surface area contributed by atoms with Crippen LogP contribution in [-0.2, 0) is 16.0 Å². The van der Waals surface area contributed by atoms with Crippen LogP contribution in [-0.4, -0.2) is 79.6 Å². The van der Waals surface area contributed by atoms with Crippen molar-refractivity contribution in [2.45, 2.75) is 6.54 Å². The Morgan fingerprint density at radius 1 is 1.06 bits per heavy atom. The maximum absolute atomic E-state index is 11.5. The first-order valence-corrected chi connectivity index (χ1v) is 11.8. The largest absolute Gasteiger partial charge is 0.453 e. The summed E-state index contributed by atoms with van der Waals surface area (Å²) in [5.74, 6) is 1.57. The molecule has 0 spiro atoms. The quantitative estimate of drug-likeness (QED) is 0.455. The Morgan fingerprint density at radius 3 is 2.54 bits per heavy atom. The van der Waals surface area contributed by atoms with Gasteiger partial charge in [0.1, 0.15) is 5.82 Å². The number of hydrogen-bond donors (Lipinski definition) is 1. The van der Waals surface area contributed by atoms with Crippen molar-refractivity contribution in [3.8, 4) is 11.4 Å². The minimum Gasteiger partial charge on any atom is -0.453 e. The molecule has 4 aromatic rings. The molecule has 1 fully saturated rings. The fourth-order valence-electron chi connectivity index (χ4n) is 4.37. The number of carbonyl (C=O) groups is 1. The number of fused-ring (bicyclic) bond motifs is 3. The Balaban J connectivity index is 1.61. The molecular weight excluding hydrogens is 444 g/mol. The topological polar surface area (TPSA) is 84.8 Å². The number of benzene rings is 2. The molecule has 0 unspecified atom stereocenters. The summed E-state index contributed by atoms with van der Waals surface area (Å²) in [4.78, 5) is 26.0. The predicted molar refractivity (Wildman–Crippen MR) is 138 cm³/mol. The fourth-order valence-corrected chi connectivity index (χ4v) is 4.37. The van der Waals surface area contributed by atoms with Crippen molar-refractivity contribution in [1.82, 2.24) is 19.4 Å². The van der Waals surface area contributed by atoms with Crippen molar-refractivity contribution in [1.29, 1.82) is 0 Å².